The van der Waals surface area contributed by atoms with Crippen LogP contribution < -0.4 is 0 Å². The number of pyridine rings is 1. The first-order chi connectivity index (χ1) is 9.56. The highest BCUT2D eigenvalue weighted by atomic mass is 79.9. The van der Waals surface area contributed by atoms with E-state index in [-0.39, 0.29) is 11.1 Å². The molecule has 4 nitrogen and oxygen atoms in total. The molecule has 2 unspecified atom stereocenters. The number of carbonyl (C=O) groups is 1. The lowest BCUT2D eigenvalue weighted by Crippen LogP contribution is -2.39. The molecular formula is C14H17BrClN3O. The van der Waals surface area contributed by atoms with E-state index in [1.165, 1.54) is 12.8 Å². The summed E-state index contributed by atoms with van der Waals surface area (Å²) < 4.78 is 0.777. The Hall–Kier alpha value is -0.650. The average Bonchev–Trinajstić information content (AvgIpc) is 2.65. The number of likely N-dealkylation sites (tertiary alicyclic amines) is 1. The molecule has 2 aliphatic heterocycles. The summed E-state index contributed by atoms with van der Waals surface area (Å²) in [5, 5.41) is 0.279. The van der Waals surface area contributed by atoms with Crippen molar-refractivity contribution in [1.82, 2.24) is 14.8 Å². The van der Waals surface area contributed by atoms with Crippen LogP contribution in [0.3, 0.4) is 0 Å². The highest BCUT2D eigenvalue weighted by Crippen LogP contribution is 2.29. The van der Waals surface area contributed by atoms with Crippen molar-refractivity contribution in [2.45, 2.75) is 31.3 Å². The van der Waals surface area contributed by atoms with Crippen LogP contribution in [0.4, 0.5) is 0 Å². The number of fused-ring (bicyclic) bond motifs is 2. The normalized spacial score (nSPS) is 26.6. The highest BCUT2D eigenvalue weighted by Gasteiger charge is 2.36. The molecule has 0 aliphatic carbocycles. The maximum absolute atomic E-state index is 12.7. The summed E-state index contributed by atoms with van der Waals surface area (Å²) in [6.07, 6.45) is 5.08. The SMILES string of the molecule is CN1C2CCC1CN(C(=O)c1cc(Br)cnc1Cl)CC2. The molecule has 6 heteroatoms. The Morgan fingerprint density at radius 2 is 2.15 bits per heavy atom. The lowest BCUT2D eigenvalue weighted by Gasteiger charge is -2.26. The van der Waals surface area contributed by atoms with Crippen molar-refractivity contribution in [1.29, 1.82) is 0 Å². The maximum atomic E-state index is 12.7. The first kappa shape index (κ1) is 14.3. The van der Waals surface area contributed by atoms with Crippen molar-refractivity contribution < 1.29 is 4.79 Å². The molecule has 1 aromatic rings. The molecule has 0 N–H and O–H groups in total. The minimum absolute atomic E-state index is 0.00949. The number of likely N-dealkylation sites (N-methyl/N-ethyl adjacent to an activating group) is 1. The van der Waals surface area contributed by atoms with Crippen molar-refractivity contribution in [3.63, 3.8) is 0 Å². The fourth-order valence-corrected chi connectivity index (χ4v) is 3.75. The number of aromatic nitrogens is 1. The summed E-state index contributed by atoms with van der Waals surface area (Å²) in [6.45, 7) is 1.59. The van der Waals surface area contributed by atoms with E-state index in [0.29, 0.717) is 17.6 Å². The van der Waals surface area contributed by atoms with Crippen molar-refractivity contribution in [2.75, 3.05) is 20.1 Å². The standard InChI is InChI=1S/C14H17BrClN3O/c1-18-10-2-3-11(18)8-19(5-4-10)14(20)12-6-9(15)7-17-13(12)16/h6-7,10-11H,2-5,8H2,1H3. The van der Waals surface area contributed by atoms with Gasteiger partial charge in [-0.25, -0.2) is 4.98 Å². The van der Waals surface area contributed by atoms with Gasteiger partial charge < -0.3 is 4.90 Å². The lowest BCUT2D eigenvalue weighted by molar-refractivity contribution is 0.0740. The van der Waals surface area contributed by atoms with Gasteiger partial charge in [-0.2, -0.15) is 0 Å². The minimum atomic E-state index is -0.00949. The third-order valence-electron chi connectivity index (χ3n) is 4.47. The largest absolute Gasteiger partial charge is 0.337 e. The lowest BCUT2D eigenvalue weighted by atomic mass is 10.1. The van der Waals surface area contributed by atoms with Gasteiger partial charge in [-0.15, -0.1) is 0 Å². The smallest absolute Gasteiger partial charge is 0.257 e. The Kier molecular flexibility index (Phi) is 4.02. The van der Waals surface area contributed by atoms with E-state index in [4.69, 9.17) is 11.6 Å². The second-order valence-corrected chi connectivity index (χ2v) is 6.86. The molecule has 0 aromatic carbocycles. The number of hydrogen-bond acceptors (Lipinski definition) is 3. The van der Waals surface area contributed by atoms with Gasteiger partial charge in [0.05, 0.1) is 5.56 Å². The molecule has 2 fully saturated rings. The van der Waals surface area contributed by atoms with Crippen LogP contribution in [0.1, 0.15) is 29.6 Å². The van der Waals surface area contributed by atoms with Crippen LogP contribution in [0.25, 0.3) is 0 Å². The van der Waals surface area contributed by atoms with E-state index in [9.17, 15) is 4.79 Å². The van der Waals surface area contributed by atoms with Crippen LogP contribution >= 0.6 is 27.5 Å². The Balaban J connectivity index is 1.82. The number of hydrogen-bond donors (Lipinski definition) is 0. The summed E-state index contributed by atoms with van der Waals surface area (Å²) in [5.41, 5.74) is 0.487. The van der Waals surface area contributed by atoms with Crippen LogP contribution in [0.15, 0.2) is 16.7 Å². The molecule has 108 valence electrons. The van der Waals surface area contributed by atoms with Crippen LogP contribution in [-0.2, 0) is 0 Å². The summed E-state index contributed by atoms with van der Waals surface area (Å²) in [5.74, 6) is -0.00949. The molecular weight excluding hydrogens is 342 g/mol. The van der Waals surface area contributed by atoms with E-state index in [0.717, 1.165) is 24.0 Å². The molecule has 0 spiro atoms. The van der Waals surface area contributed by atoms with Gasteiger partial charge in [0.2, 0.25) is 0 Å². The summed E-state index contributed by atoms with van der Waals surface area (Å²) in [4.78, 5) is 21.1. The van der Waals surface area contributed by atoms with Gasteiger partial charge in [0.15, 0.2) is 0 Å². The summed E-state index contributed by atoms with van der Waals surface area (Å²) in [6, 6.07) is 2.85. The fourth-order valence-electron chi connectivity index (χ4n) is 3.24. The molecule has 1 amide bonds. The van der Waals surface area contributed by atoms with E-state index in [2.05, 4.69) is 32.9 Å². The molecule has 3 rings (SSSR count). The predicted molar refractivity (Wildman–Crippen MR) is 82.0 cm³/mol. The highest BCUT2D eigenvalue weighted by molar-refractivity contribution is 9.10. The zero-order valence-corrected chi connectivity index (χ0v) is 13.7. The Labute approximate surface area is 132 Å². The van der Waals surface area contributed by atoms with Crippen LogP contribution in [-0.4, -0.2) is 52.9 Å². The molecule has 20 heavy (non-hydrogen) atoms. The maximum Gasteiger partial charge on any atom is 0.257 e. The topological polar surface area (TPSA) is 36.4 Å². The minimum Gasteiger partial charge on any atom is -0.337 e. The molecule has 3 heterocycles. The monoisotopic (exact) mass is 357 g/mol. The zero-order chi connectivity index (χ0) is 14.3. The fraction of sp³-hybridized carbons (Fsp3) is 0.571. The van der Waals surface area contributed by atoms with Crippen molar-refractivity contribution in [3.05, 3.63) is 27.5 Å². The van der Waals surface area contributed by atoms with E-state index >= 15 is 0 Å². The number of amides is 1. The Bertz CT molecular complexity index is 539. The molecule has 1 aromatic heterocycles. The van der Waals surface area contributed by atoms with Gasteiger partial charge in [0.25, 0.3) is 5.91 Å². The van der Waals surface area contributed by atoms with Gasteiger partial charge >= 0.3 is 0 Å². The number of halogens is 2. The van der Waals surface area contributed by atoms with Crippen molar-refractivity contribution >= 4 is 33.4 Å². The summed E-state index contributed by atoms with van der Waals surface area (Å²) >= 11 is 9.42. The Morgan fingerprint density at radius 3 is 2.95 bits per heavy atom. The van der Waals surface area contributed by atoms with Crippen molar-refractivity contribution in [2.24, 2.45) is 0 Å². The number of rotatable bonds is 1. The third kappa shape index (κ3) is 2.59. The molecule has 0 saturated carbocycles. The second kappa shape index (κ2) is 5.62. The second-order valence-electron chi connectivity index (χ2n) is 5.58. The van der Waals surface area contributed by atoms with E-state index < -0.39 is 0 Å². The first-order valence-corrected chi connectivity index (χ1v) is 8.05. The van der Waals surface area contributed by atoms with Gasteiger partial charge in [-0.3, -0.25) is 9.69 Å². The van der Waals surface area contributed by atoms with Crippen LogP contribution in [0.2, 0.25) is 5.15 Å². The van der Waals surface area contributed by atoms with E-state index in [1.54, 1.807) is 12.3 Å². The first-order valence-electron chi connectivity index (χ1n) is 6.88. The molecule has 2 bridgehead atoms. The molecule has 2 atom stereocenters. The van der Waals surface area contributed by atoms with Crippen LogP contribution in [0.5, 0.6) is 0 Å². The zero-order valence-electron chi connectivity index (χ0n) is 11.4. The molecule has 0 radical (unpaired) electrons. The quantitative estimate of drug-likeness (QED) is 0.724. The summed E-state index contributed by atoms with van der Waals surface area (Å²) in [7, 11) is 2.17. The van der Waals surface area contributed by atoms with Crippen molar-refractivity contribution in [3.8, 4) is 0 Å². The Morgan fingerprint density at radius 1 is 1.40 bits per heavy atom. The number of nitrogens with zero attached hydrogens (tertiary/aromatic N) is 3. The molecule has 2 saturated heterocycles. The number of carbonyl (C=O) groups excluding carboxylic acids is 1. The van der Waals surface area contributed by atoms with Gasteiger partial charge in [-0.05, 0) is 48.3 Å². The predicted octanol–water partition coefficient (Wildman–Crippen LogP) is 2.81. The van der Waals surface area contributed by atoms with E-state index in [1.807, 2.05) is 4.90 Å². The average molecular weight is 359 g/mol. The third-order valence-corrected chi connectivity index (χ3v) is 5.21. The van der Waals surface area contributed by atoms with Gasteiger partial charge in [-0.1, -0.05) is 11.6 Å². The van der Waals surface area contributed by atoms with Gasteiger partial charge in [0, 0.05) is 35.8 Å². The molecule has 2 aliphatic rings. The van der Waals surface area contributed by atoms with Crippen LogP contribution in [0, 0.1) is 0 Å². The van der Waals surface area contributed by atoms with Gasteiger partial charge in [0.1, 0.15) is 5.15 Å².